The first-order valence-electron chi connectivity index (χ1n) is 6.97. The van der Waals surface area contributed by atoms with Crippen molar-refractivity contribution in [1.29, 1.82) is 0 Å². The van der Waals surface area contributed by atoms with Crippen LogP contribution in [0.4, 0.5) is 4.79 Å². The van der Waals surface area contributed by atoms with Gasteiger partial charge in [-0.2, -0.15) is 0 Å². The molecule has 0 radical (unpaired) electrons. The van der Waals surface area contributed by atoms with E-state index in [1.807, 2.05) is 37.3 Å². The molecule has 0 fully saturated rings. The van der Waals surface area contributed by atoms with Crippen LogP contribution < -0.4 is 0 Å². The lowest BCUT2D eigenvalue weighted by molar-refractivity contribution is -0.137. The summed E-state index contributed by atoms with van der Waals surface area (Å²) in [5, 5.41) is 8.85. The van der Waals surface area contributed by atoms with Gasteiger partial charge < -0.3 is 14.7 Å². The van der Waals surface area contributed by atoms with Gasteiger partial charge in [0.15, 0.2) is 0 Å². The highest BCUT2D eigenvalue weighted by molar-refractivity contribution is 5.71. The van der Waals surface area contributed by atoms with Crippen LogP contribution in [0, 0.1) is 0 Å². The smallest absolute Gasteiger partial charge is 0.410 e. The number of benzene rings is 1. The fourth-order valence-electron chi connectivity index (χ4n) is 1.89. The molecular formula is C16H23NO4. The van der Waals surface area contributed by atoms with E-state index >= 15 is 0 Å². The maximum Gasteiger partial charge on any atom is 0.410 e. The molecule has 1 rings (SSSR count). The number of ether oxygens (including phenoxy) is 1. The van der Waals surface area contributed by atoms with Crippen molar-refractivity contribution in [3.8, 4) is 0 Å². The van der Waals surface area contributed by atoms with Crippen molar-refractivity contribution < 1.29 is 19.4 Å². The zero-order chi connectivity index (χ0) is 16.0. The van der Waals surface area contributed by atoms with E-state index in [1.165, 1.54) is 4.90 Å². The van der Waals surface area contributed by atoms with E-state index in [0.717, 1.165) is 5.56 Å². The van der Waals surface area contributed by atoms with Crippen LogP contribution in [0.2, 0.25) is 0 Å². The third kappa shape index (κ3) is 5.85. The molecule has 0 aliphatic rings. The number of carboxylic acid groups (broad SMARTS) is 1. The second-order valence-corrected chi connectivity index (χ2v) is 5.90. The SMILES string of the molecule is CC(c1ccccc1)N(CCC(=O)O)C(=O)OC(C)(C)C. The molecule has 0 aliphatic heterocycles. The molecule has 0 aliphatic carbocycles. The summed E-state index contributed by atoms with van der Waals surface area (Å²) in [5.41, 5.74) is 0.323. The van der Waals surface area contributed by atoms with E-state index in [4.69, 9.17) is 9.84 Å². The molecule has 0 heterocycles. The average molecular weight is 293 g/mol. The lowest BCUT2D eigenvalue weighted by Gasteiger charge is -2.31. The summed E-state index contributed by atoms with van der Waals surface area (Å²) in [5.74, 6) is -0.941. The molecule has 1 N–H and O–H groups in total. The van der Waals surface area contributed by atoms with Crippen molar-refractivity contribution in [2.45, 2.75) is 45.8 Å². The Hall–Kier alpha value is -2.04. The highest BCUT2D eigenvalue weighted by Crippen LogP contribution is 2.22. The van der Waals surface area contributed by atoms with E-state index < -0.39 is 17.7 Å². The number of hydrogen-bond donors (Lipinski definition) is 1. The summed E-state index contributed by atoms with van der Waals surface area (Å²) < 4.78 is 5.37. The quantitative estimate of drug-likeness (QED) is 0.902. The molecule has 1 atom stereocenters. The van der Waals surface area contributed by atoms with Crippen LogP contribution >= 0.6 is 0 Å². The Morgan fingerprint density at radius 3 is 2.29 bits per heavy atom. The van der Waals surface area contributed by atoms with Crippen molar-refractivity contribution in [3.63, 3.8) is 0 Å². The number of carboxylic acids is 1. The molecule has 0 saturated carbocycles. The minimum atomic E-state index is -0.941. The number of aliphatic carboxylic acids is 1. The molecular weight excluding hydrogens is 270 g/mol. The van der Waals surface area contributed by atoms with Crippen molar-refractivity contribution >= 4 is 12.1 Å². The number of hydrogen-bond acceptors (Lipinski definition) is 3. The Bertz CT molecular complexity index is 479. The predicted molar refractivity (Wildman–Crippen MR) is 80.0 cm³/mol. The van der Waals surface area contributed by atoms with Crippen molar-refractivity contribution in [3.05, 3.63) is 35.9 Å². The third-order valence-corrected chi connectivity index (χ3v) is 2.94. The highest BCUT2D eigenvalue weighted by atomic mass is 16.6. The molecule has 0 spiro atoms. The molecule has 5 heteroatoms. The van der Waals surface area contributed by atoms with E-state index in [9.17, 15) is 9.59 Å². The fourth-order valence-corrected chi connectivity index (χ4v) is 1.89. The lowest BCUT2D eigenvalue weighted by atomic mass is 10.1. The van der Waals surface area contributed by atoms with Gasteiger partial charge in [-0.1, -0.05) is 30.3 Å². The van der Waals surface area contributed by atoms with Gasteiger partial charge in [-0.15, -0.1) is 0 Å². The second-order valence-electron chi connectivity index (χ2n) is 5.90. The summed E-state index contributed by atoms with van der Waals surface area (Å²) in [6.07, 6.45) is -0.615. The molecule has 1 aromatic carbocycles. The standard InChI is InChI=1S/C16H23NO4/c1-12(13-8-6-5-7-9-13)17(11-10-14(18)19)15(20)21-16(2,3)4/h5-9,12H,10-11H2,1-4H3,(H,18,19). The summed E-state index contributed by atoms with van der Waals surface area (Å²) in [6, 6.07) is 9.23. The highest BCUT2D eigenvalue weighted by Gasteiger charge is 2.27. The van der Waals surface area contributed by atoms with E-state index in [0.29, 0.717) is 0 Å². The largest absolute Gasteiger partial charge is 0.481 e. The number of carbonyl (C=O) groups is 2. The predicted octanol–water partition coefficient (Wildman–Crippen LogP) is 3.46. The van der Waals surface area contributed by atoms with Gasteiger partial charge in [0, 0.05) is 6.54 Å². The summed E-state index contributed by atoms with van der Waals surface area (Å²) >= 11 is 0. The molecule has 1 aromatic rings. The van der Waals surface area contributed by atoms with Gasteiger partial charge in [-0.25, -0.2) is 4.79 Å². The summed E-state index contributed by atoms with van der Waals surface area (Å²) in [6.45, 7) is 7.33. The van der Waals surface area contributed by atoms with Gasteiger partial charge in [0.2, 0.25) is 0 Å². The van der Waals surface area contributed by atoms with Crippen LogP contribution in [0.5, 0.6) is 0 Å². The van der Waals surface area contributed by atoms with Crippen LogP contribution in [0.1, 0.15) is 45.7 Å². The van der Waals surface area contributed by atoms with Gasteiger partial charge in [-0.05, 0) is 33.3 Å². The van der Waals surface area contributed by atoms with Gasteiger partial charge in [-0.3, -0.25) is 4.79 Å². The number of rotatable bonds is 5. The fraction of sp³-hybridized carbons (Fsp3) is 0.500. The maximum absolute atomic E-state index is 12.3. The average Bonchev–Trinajstić information content (AvgIpc) is 2.37. The lowest BCUT2D eigenvalue weighted by Crippen LogP contribution is -2.39. The third-order valence-electron chi connectivity index (χ3n) is 2.94. The topological polar surface area (TPSA) is 66.8 Å². The first-order chi connectivity index (χ1) is 9.70. The van der Waals surface area contributed by atoms with Gasteiger partial charge >= 0.3 is 12.1 Å². The first-order valence-corrected chi connectivity index (χ1v) is 6.97. The summed E-state index contributed by atoms with van der Waals surface area (Å²) in [7, 11) is 0. The molecule has 21 heavy (non-hydrogen) atoms. The van der Waals surface area contributed by atoms with Gasteiger partial charge in [0.1, 0.15) is 5.60 Å². The molecule has 1 amide bonds. The Morgan fingerprint density at radius 2 is 1.81 bits per heavy atom. The van der Waals surface area contributed by atoms with Crippen molar-refractivity contribution in [2.75, 3.05) is 6.54 Å². The molecule has 116 valence electrons. The zero-order valence-electron chi connectivity index (χ0n) is 13.0. The van der Waals surface area contributed by atoms with Crippen LogP contribution in [0.15, 0.2) is 30.3 Å². The van der Waals surface area contributed by atoms with Gasteiger partial charge in [0.05, 0.1) is 12.5 Å². The Balaban J connectivity index is 2.90. The van der Waals surface area contributed by atoms with E-state index in [1.54, 1.807) is 20.8 Å². The number of carbonyl (C=O) groups excluding carboxylic acids is 1. The Labute approximate surface area is 125 Å². The minimum absolute atomic E-state index is 0.111. The van der Waals surface area contributed by atoms with Crippen LogP contribution in [0.3, 0.4) is 0 Å². The molecule has 5 nitrogen and oxygen atoms in total. The van der Waals surface area contributed by atoms with Crippen molar-refractivity contribution in [2.24, 2.45) is 0 Å². The normalized spacial score (nSPS) is 12.6. The minimum Gasteiger partial charge on any atom is -0.481 e. The van der Waals surface area contributed by atoms with E-state index in [-0.39, 0.29) is 19.0 Å². The molecule has 0 bridgehead atoms. The Kier molecular flexibility index (Phi) is 5.76. The van der Waals surface area contributed by atoms with Crippen molar-refractivity contribution in [1.82, 2.24) is 4.90 Å². The molecule has 0 saturated heterocycles. The Morgan fingerprint density at radius 1 is 1.24 bits per heavy atom. The van der Waals surface area contributed by atoms with Crippen LogP contribution in [-0.4, -0.2) is 34.2 Å². The first kappa shape index (κ1) is 17.0. The number of nitrogens with zero attached hydrogens (tertiary/aromatic N) is 1. The molecule has 1 unspecified atom stereocenters. The summed E-state index contributed by atoms with van der Waals surface area (Å²) in [4.78, 5) is 24.5. The monoisotopic (exact) mass is 293 g/mol. The van der Waals surface area contributed by atoms with Gasteiger partial charge in [0.25, 0.3) is 0 Å². The van der Waals surface area contributed by atoms with E-state index in [2.05, 4.69) is 0 Å². The van der Waals surface area contributed by atoms with Crippen LogP contribution in [0.25, 0.3) is 0 Å². The van der Waals surface area contributed by atoms with Crippen LogP contribution in [-0.2, 0) is 9.53 Å². The second kappa shape index (κ2) is 7.11. The molecule has 0 aromatic heterocycles. The maximum atomic E-state index is 12.3. The number of amides is 1. The zero-order valence-corrected chi connectivity index (χ0v) is 13.0.